The molecule has 2 nitrogen and oxygen atoms in total. The predicted molar refractivity (Wildman–Crippen MR) is 59.8 cm³/mol. The van der Waals surface area contributed by atoms with Crippen LogP contribution in [-0.4, -0.2) is 19.3 Å². The molecule has 0 radical (unpaired) electrons. The van der Waals surface area contributed by atoms with Crippen LogP contribution in [0.4, 0.5) is 8.78 Å². The first-order valence-electron chi connectivity index (χ1n) is 5.37. The van der Waals surface area contributed by atoms with E-state index in [0.29, 0.717) is 6.42 Å². The van der Waals surface area contributed by atoms with Gasteiger partial charge in [0.2, 0.25) is 0 Å². The molecule has 1 unspecified atom stereocenters. The number of hydrogen-bond donors (Lipinski definition) is 1. The number of rotatable bonds is 6. The van der Waals surface area contributed by atoms with Gasteiger partial charge in [0.1, 0.15) is 0 Å². The molecule has 0 aromatic heterocycles. The molecule has 0 aliphatic heterocycles. The minimum atomic E-state index is -0.461. The molecule has 1 aromatic rings. The number of nitrogens with two attached hydrogens (primary N) is 1. The first-order valence-corrected chi connectivity index (χ1v) is 5.37. The van der Waals surface area contributed by atoms with Crippen molar-refractivity contribution in [3.05, 3.63) is 29.6 Å². The van der Waals surface area contributed by atoms with E-state index in [2.05, 4.69) is 0 Å². The summed E-state index contributed by atoms with van der Waals surface area (Å²) in [5.74, 6) is -0.217. The van der Waals surface area contributed by atoms with Crippen LogP contribution >= 0.6 is 0 Å². The van der Waals surface area contributed by atoms with Crippen LogP contribution in [0.3, 0.4) is 0 Å². The molecule has 1 atom stereocenters. The molecule has 0 fully saturated rings. The van der Waals surface area contributed by atoms with Crippen molar-refractivity contribution in [2.24, 2.45) is 5.73 Å². The highest BCUT2D eigenvalue weighted by molar-refractivity contribution is 5.35. The quantitative estimate of drug-likeness (QED) is 0.760. The summed E-state index contributed by atoms with van der Waals surface area (Å²) in [7, 11) is 0. The van der Waals surface area contributed by atoms with Gasteiger partial charge in [-0.05, 0) is 25.0 Å². The topological polar surface area (TPSA) is 35.2 Å². The van der Waals surface area contributed by atoms with Crippen LogP contribution in [-0.2, 0) is 6.42 Å². The van der Waals surface area contributed by atoms with Gasteiger partial charge in [0, 0.05) is 12.5 Å². The van der Waals surface area contributed by atoms with Crippen molar-refractivity contribution >= 4 is 0 Å². The summed E-state index contributed by atoms with van der Waals surface area (Å²) in [6, 6.07) is 4.66. The zero-order chi connectivity index (χ0) is 12.0. The average Bonchev–Trinajstić information content (AvgIpc) is 2.21. The number of halogens is 2. The second-order valence-electron chi connectivity index (χ2n) is 3.80. The Labute approximate surface area is 94.4 Å². The van der Waals surface area contributed by atoms with Crippen molar-refractivity contribution in [2.45, 2.75) is 25.8 Å². The van der Waals surface area contributed by atoms with Gasteiger partial charge < -0.3 is 10.5 Å². The van der Waals surface area contributed by atoms with E-state index >= 15 is 0 Å². The Bertz CT molecular complexity index is 329. The molecule has 0 saturated carbocycles. The molecule has 0 spiro atoms. The first kappa shape index (κ1) is 12.9. The first-order chi connectivity index (χ1) is 7.65. The predicted octanol–water partition coefficient (Wildman–Crippen LogP) is 2.45. The Kier molecular flexibility index (Phi) is 5.19. The fraction of sp³-hybridized carbons (Fsp3) is 0.500. The van der Waals surface area contributed by atoms with Crippen LogP contribution in [0.5, 0.6) is 5.75 Å². The monoisotopic (exact) mass is 229 g/mol. The number of hydrogen-bond acceptors (Lipinski definition) is 2. The molecule has 0 bridgehead atoms. The Morgan fingerprint density at radius 1 is 1.44 bits per heavy atom. The lowest BCUT2D eigenvalue weighted by atomic mass is 10.1. The van der Waals surface area contributed by atoms with Crippen molar-refractivity contribution < 1.29 is 13.5 Å². The van der Waals surface area contributed by atoms with E-state index < -0.39 is 12.5 Å². The lowest BCUT2D eigenvalue weighted by Crippen LogP contribution is -2.18. The third kappa shape index (κ3) is 3.77. The summed E-state index contributed by atoms with van der Waals surface area (Å²) in [5.41, 5.74) is 6.39. The van der Waals surface area contributed by atoms with Gasteiger partial charge in [-0.25, -0.2) is 4.39 Å². The highest BCUT2D eigenvalue weighted by atomic mass is 19.1. The van der Waals surface area contributed by atoms with Crippen LogP contribution in [0.25, 0.3) is 0 Å². The lowest BCUT2D eigenvalue weighted by Gasteiger charge is -2.13. The third-order valence-electron chi connectivity index (χ3n) is 2.11. The molecule has 1 aromatic carbocycles. The number of ether oxygens (including phenoxy) is 1. The number of benzene rings is 1. The minimum Gasteiger partial charge on any atom is -0.490 e. The van der Waals surface area contributed by atoms with E-state index in [1.807, 2.05) is 6.92 Å². The maximum atomic E-state index is 13.5. The summed E-state index contributed by atoms with van der Waals surface area (Å²) >= 11 is 0. The van der Waals surface area contributed by atoms with Gasteiger partial charge in [-0.2, -0.15) is 0 Å². The van der Waals surface area contributed by atoms with Crippen LogP contribution in [0.1, 0.15) is 18.9 Å². The van der Waals surface area contributed by atoms with Gasteiger partial charge in [-0.15, -0.1) is 0 Å². The summed E-state index contributed by atoms with van der Waals surface area (Å²) < 4.78 is 30.6. The highest BCUT2D eigenvalue weighted by Gasteiger charge is 2.10. The van der Waals surface area contributed by atoms with Gasteiger partial charge in [-0.3, -0.25) is 4.39 Å². The molecular formula is C12H17F2NO. The lowest BCUT2D eigenvalue weighted by molar-refractivity contribution is 0.274. The fourth-order valence-corrected chi connectivity index (χ4v) is 1.45. The van der Waals surface area contributed by atoms with E-state index in [0.717, 1.165) is 5.56 Å². The van der Waals surface area contributed by atoms with Gasteiger partial charge in [-0.1, -0.05) is 12.1 Å². The largest absolute Gasteiger partial charge is 0.490 e. The normalized spacial score (nSPS) is 12.5. The van der Waals surface area contributed by atoms with Crippen molar-refractivity contribution in [2.75, 3.05) is 13.3 Å². The Hall–Kier alpha value is -1.16. The van der Waals surface area contributed by atoms with Crippen molar-refractivity contribution in [3.8, 4) is 5.75 Å². The molecule has 1 rings (SSSR count). The van der Waals surface area contributed by atoms with Gasteiger partial charge in [0.15, 0.2) is 11.6 Å². The smallest absolute Gasteiger partial charge is 0.165 e. The maximum absolute atomic E-state index is 13.5. The zero-order valence-electron chi connectivity index (χ0n) is 9.38. The summed E-state index contributed by atoms with van der Waals surface area (Å²) in [6.07, 6.45) is 0.814. The van der Waals surface area contributed by atoms with Gasteiger partial charge >= 0.3 is 0 Å². The minimum absolute atomic E-state index is 0.0645. The van der Waals surface area contributed by atoms with Gasteiger partial charge in [0.25, 0.3) is 0 Å². The summed E-state index contributed by atoms with van der Waals surface area (Å²) in [5, 5.41) is 0. The standard InChI is InChI=1S/C12H17F2NO/c1-9(15)8-10-4-2-5-11(14)12(10)16-7-3-6-13/h2,4-5,9H,3,6-8,15H2,1H3. The third-order valence-corrected chi connectivity index (χ3v) is 2.11. The van der Waals surface area contributed by atoms with Crippen molar-refractivity contribution in [3.63, 3.8) is 0 Å². The molecule has 2 N–H and O–H groups in total. The van der Waals surface area contributed by atoms with Crippen LogP contribution in [0.2, 0.25) is 0 Å². The zero-order valence-corrected chi connectivity index (χ0v) is 9.38. The van der Waals surface area contributed by atoms with Crippen LogP contribution < -0.4 is 10.5 Å². The maximum Gasteiger partial charge on any atom is 0.165 e. The second-order valence-corrected chi connectivity index (χ2v) is 3.80. The molecule has 0 aliphatic carbocycles. The average molecular weight is 229 g/mol. The molecule has 0 aliphatic rings. The second kappa shape index (κ2) is 6.43. The van der Waals surface area contributed by atoms with E-state index in [4.69, 9.17) is 10.5 Å². The highest BCUT2D eigenvalue weighted by Crippen LogP contribution is 2.23. The Morgan fingerprint density at radius 2 is 2.19 bits per heavy atom. The van der Waals surface area contributed by atoms with E-state index in [1.54, 1.807) is 12.1 Å². The van der Waals surface area contributed by atoms with Crippen molar-refractivity contribution in [1.82, 2.24) is 0 Å². The van der Waals surface area contributed by atoms with Crippen LogP contribution in [0.15, 0.2) is 18.2 Å². The van der Waals surface area contributed by atoms with Crippen LogP contribution in [0, 0.1) is 5.82 Å². The molecule has 4 heteroatoms. The molecule has 0 saturated heterocycles. The molecule has 16 heavy (non-hydrogen) atoms. The number of para-hydroxylation sites is 1. The van der Waals surface area contributed by atoms with Crippen molar-refractivity contribution in [1.29, 1.82) is 0 Å². The van der Waals surface area contributed by atoms with Gasteiger partial charge in [0.05, 0.1) is 13.3 Å². The molecule has 90 valence electrons. The molecule has 0 amide bonds. The molecular weight excluding hydrogens is 212 g/mol. The summed E-state index contributed by atoms with van der Waals surface area (Å²) in [6.45, 7) is 1.57. The fourth-order valence-electron chi connectivity index (χ4n) is 1.45. The Balaban J connectivity index is 2.77. The van der Waals surface area contributed by atoms with E-state index in [-0.39, 0.29) is 24.8 Å². The number of alkyl halides is 1. The van der Waals surface area contributed by atoms with E-state index in [9.17, 15) is 8.78 Å². The van der Waals surface area contributed by atoms with E-state index in [1.165, 1.54) is 6.07 Å². The molecule has 0 heterocycles. The Morgan fingerprint density at radius 3 is 2.81 bits per heavy atom. The SMILES string of the molecule is CC(N)Cc1cccc(F)c1OCCCF. The summed E-state index contributed by atoms with van der Waals surface area (Å²) in [4.78, 5) is 0.